The predicted octanol–water partition coefficient (Wildman–Crippen LogP) is 2.39. The summed E-state index contributed by atoms with van der Waals surface area (Å²) in [6.45, 7) is 1.85. The number of hydrogen-bond acceptors (Lipinski definition) is 2. The maximum atomic E-state index is 11.8. The first-order valence-electron chi connectivity index (χ1n) is 6.45. The molecule has 1 unspecified atom stereocenters. The molecule has 1 fully saturated rings. The third-order valence-corrected chi connectivity index (χ3v) is 3.79. The minimum atomic E-state index is -1.20. The number of carboxylic acids is 1. The maximum absolute atomic E-state index is 11.8. The summed E-state index contributed by atoms with van der Waals surface area (Å²) in [4.78, 5) is 23.1. The number of rotatable bonds is 5. The van der Waals surface area contributed by atoms with Crippen LogP contribution in [0.1, 0.15) is 25.3 Å². The van der Waals surface area contributed by atoms with E-state index in [1.54, 1.807) is 25.1 Å². The molecule has 6 heteroatoms. The van der Waals surface area contributed by atoms with Gasteiger partial charge in [-0.15, -0.1) is 0 Å². The fourth-order valence-electron chi connectivity index (χ4n) is 2.10. The summed E-state index contributed by atoms with van der Waals surface area (Å²) < 4.78 is 0. The van der Waals surface area contributed by atoms with Crippen LogP contribution in [0, 0.1) is 5.92 Å². The summed E-state index contributed by atoms with van der Waals surface area (Å²) in [5, 5.41) is 15.1. The van der Waals surface area contributed by atoms with Crippen molar-refractivity contribution in [3.05, 3.63) is 34.9 Å². The molecule has 5 nitrogen and oxygen atoms in total. The Morgan fingerprint density at radius 2 is 2.15 bits per heavy atom. The Bertz CT molecular complexity index is 531. The lowest BCUT2D eigenvalue weighted by atomic mass is 9.96. The molecule has 1 aliphatic carbocycles. The molecule has 20 heavy (non-hydrogen) atoms. The minimum absolute atomic E-state index is 0.0110. The molecule has 0 radical (unpaired) electrons. The Hall–Kier alpha value is -1.75. The lowest BCUT2D eigenvalue weighted by molar-refractivity contribution is -0.144. The van der Waals surface area contributed by atoms with Crippen molar-refractivity contribution in [2.75, 3.05) is 0 Å². The number of carbonyl (C=O) groups excluding carboxylic acids is 1. The molecule has 1 aromatic carbocycles. The quantitative estimate of drug-likeness (QED) is 0.780. The van der Waals surface area contributed by atoms with Gasteiger partial charge in [0, 0.05) is 11.6 Å². The first-order chi connectivity index (χ1) is 9.41. The minimum Gasteiger partial charge on any atom is -0.480 e. The third kappa shape index (κ3) is 3.42. The van der Waals surface area contributed by atoms with E-state index in [-0.39, 0.29) is 5.92 Å². The smallest absolute Gasteiger partial charge is 0.329 e. The molecule has 2 rings (SSSR count). The first kappa shape index (κ1) is 14.7. The molecule has 1 aromatic rings. The van der Waals surface area contributed by atoms with E-state index in [1.807, 2.05) is 6.07 Å². The van der Waals surface area contributed by atoms with Gasteiger partial charge in [-0.3, -0.25) is 0 Å². The van der Waals surface area contributed by atoms with Crippen molar-refractivity contribution >= 4 is 23.6 Å². The lowest BCUT2D eigenvalue weighted by Crippen LogP contribution is -2.56. The zero-order valence-electron chi connectivity index (χ0n) is 11.1. The van der Waals surface area contributed by atoms with E-state index in [9.17, 15) is 14.7 Å². The molecule has 0 saturated heterocycles. The topological polar surface area (TPSA) is 78.4 Å². The van der Waals surface area contributed by atoms with Crippen LogP contribution < -0.4 is 10.6 Å². The average Bonchev–Trinajstić information content (AvgIpc) is 3.20. The van der Waals surface area contributed by atoms with Gasteiger partial charge in [-0.2, -0.15) is 0 Å². The Kier molecular flexibility index (Phi) is 4.18. The largest absolute Gasteiger partial charge is 0.480 e. The van der Waals surface area contributed by atoms with Crippen LogP contribution in [0.25, 0.3) is 0 Å². The molecule has 1 saturated carbocycles. The summed E-state index contributed by atoms with van der Waals surface area (Å²) in [5.41, 5.74) is -0.339. The van der Waals surface area contributed by atoms with Crippen LogP contribution in [-0.2, 0) is 11.3 Å². The fraction of sp³-hybridized carbons (Fsp3) is 0.429. The Morgan fingerprint density at radius 3 is 2.70 bits per heavy atom. The monoisotopic (exact) mass is 296 g/mol. The second-order valence-electron chi connectivity index (χ2n) is 5.22. The molecule has 3 N–H and O–H groups in total. The molecule has 0 aromatic heterocycles. The first-order valence-corrected chi connectivity index (χ1v) is 6.83. The van der Waals surface area contributed by atoms with E-state index in [0.717, 1.165) is 18.4 Å². The van der Waals surface area contributed by atoms with E-state index >= 15 is 0 Å². The molecule has 0 aliphatic heterocycles. The van der Waals surface area contributed by atoms with Crippen molar-refractivity contribution < 1.29 is 14.7 Å². The summed E-state index contributed by atoms with van der Waals surface area (Å²) in [7, 11) is 0. The van der Waals surface area contributed by atoms with Gasteiger partial charge < -0.3 is 15.7 Å². The van der Waals surface area contributed by atoms with Crippen molar-refractivity contribution in [2.45, 2.75) is 31.8 Å². The number of carbonyl (C=O) groups is 2. The van der Waals surface area contributed by atoms with Gasteiger partial charge in [0.1, 0.15) is 5.54 Å². The van der Waals surface area contributed by atoms with Crippen LogP contribution in [-0.4, -0.2) is 22.6 Å². The van der Waals surface area contributed by atoms with Crippen molar-refractivity contribution in [2.24, 2.45) is 5.92 Å². The molecule has 0 spiro atoms. The van der Waals surface area contributed by atoms with Gasteiger partial charge in [-0.05, 0) is 43.4 Å². The van der Waals surface area contributed by atoms with Crippen molar-refractivity contribution in [3.8, 4) is 0 Å². The Morgan fingerprint density at radius 1 is 1.45 bits per heavy atom. The molecular formula is C14H17ClN2O3. The van der Waals surface area contributed by atoms with E-state index in [1.165, 1.54) is 0 Å². The number of halogens is 1. The zero-order chi connectivity index (χ0) is 14.8. The molecule has 108 valence electrons. The maximum Gasteiger partial charge on any atom is 0.329 e. The average molecular weight is 297 g/mol. The van der Waals surface area contributed by atoms with Crippen molar-refractivity contribution in [3.63, 3.8) is 0 Å². The van der Waals surface area contributed by atoms with Crippen LogP contribution in [0.15, 0.2) is 24.3 Å². The van der Waals surface area contributed by atoms with E-state index in [2.05, 4.69) is 10.6 Å². The number of hydrogen-bond donors (Lipinski definition) is 3. The van der Waals surface area contributed by atoms with E-state index in [0.29, 0.717) is 11.6 Å². The molecule has 1 atom stereocenters. The van der Waals surface area contributed by atoms with E-state index < -0.39 is 17.5 Å². The second kappa shape index (κ2) is 5.71. The number of benzene rings is 1. The summed E-state index contributed by atoms with van der Waals surface area (Å²) in [6, 6.07) is 6.65. The fourth-order valence-corrected chi connectivity index (χ4v) is 2.31. The van der Waals surface area contributed by atoms with Crippen LogP contribution in [0.5, 0.6) is 0 Å². The summed E-state index contributed by atoms with van der Waals surface area (Å²) >= 11 is 5.85. The van der Waals surface area contributed by atoms with Crippen molar-refractivity contribution in [1.82, 2.24) is 10.6 Å². The predicted molar refractivity (Wildman–Crippen MR) is 75.6 cm³/mol. The van der Waals surface area contributed by atoms with E-state index in [4.69, 9.17) is 11.6 Å². The summed E-state index contributed by atoms with van der Waals surface area (Å²) in [5.74, 6) is -0.991. The van der Waals surface area contributed by atoms with Gasteiger partial charge >= 0.3 is 12.0 Å². The highest BCUT2D eigenvalue weighted by molar-refractivity contribution is 6.30. The zero-order valence-corrected chi connectivity index (χ0v) is 11.9. The number of amides is 2. The van der Waals surface area contributed by atoms with Gasteiger partial charge in [0.25, 0.3) is 0 Å². The SMILES string of the molecule is CC(NC(=O)NCc1cccc(Cl)c1)(C(=O)O)C1CC1. The van der Waals surface area contributed by atoms with Gasteiger partial charge in [0.15, 0.2) is 0 Å². The highest BCUT2D eigenvalue weighted by Gasteiger charge is 2.48. The molecular weight excluding hydrogens is 280 g/mol. The Balaban J connectivity index is 1.90. The number of aliphatic carboxylic acids is 1. The third-order valence-electron chi connectivity index (χ3n) is 3.55. The van der Waals surface area contributed by atoms with Crippen LogP contribution in [0.2, 0.25) is 5.02 Å². The second-order valence-corrected chi connectivity index (χ2v) is 5.66. The molecule has 0 heterocycles. The number of urea groups is 1. The normalized spacial score (nSPS) is 17.1. The van der Waals surface area contributed by atoms with Gasteiger partial charge in [-0.25, -0.2) is 9.59 Å². The van der Waals surface area contributed by atoms with Crippen molar-refractivity contribution in [1.29, 1.82) is 0 Å². The highest BCUT2D eigenvalue weighted by Crippen LogP contribution is 2.39. The molecule has 2 amide bonds. The standard InChI is InChI=1S/C14H17ClN2O3/c1-14(12(18)19,10-5-6-10)17-13(20)16-8-9-3-2-4-11(15)7-9/h2-4,7,10H,5-6,8H2,1H3,(H,18,19)(H2,16,17,20). The van der Waals surface area contributed by atoms with Crippen LogP contribution in [0.3, 0.4) is 0 Å². The number of carboxylic acid groups (broad SMARTS) is 1. The van der Waals surface area contributed by atoms with Gasteiger partial charge in [0.2, 0.25) is 0 Å². The van der Waals surface area contributed by atoms with Crippen LogP contribution >= 0.6 is 11.6 Å². The highest BCUT2D eigenvalue weighted by atomic mass is 35.5. The van der Waals surface area contributed by atoms with Crippen LogP contribution in [0.4, 0.5) is 4.79 Å². The Labute approximate surface area is 122 Å². The molecule has 0 bridgehead atoms. The van der Waals surface area contributed by atoms with Gasteiger partial charge in [-0.1, -0.05) is 23.7 Å². The summed E-state index contributed by atoms with van der Waals surface area (Å²) in [6.07, 6.45) is 1.66. The van der Waals surface area contributed by atoms with Gasteiger partial charge in [0.05, 0.1) is 0 Å². The lowest BCUT2D eigenvalue weighted by Gasteiger charge is -2.26. The molecule has 1 aliphatic rings. The number of nitrogens with one attached hydrogen (secondary N) is 2.